The summed E-state index contributed by atoms with van der Waals surface area (Å²) in [7, 11) is 0. The highest BCUT2D eigenvalue weighted by molar-refractivity contribution is 5.07. The molecule has 3 fully saturated rings. The lowest BCUT2D eigenvalue weighted by atomic mass is 9.64. The van der Waals surface area contributed by atoms with E-state index in [1.807, 2.05) is 0 Å². The first kappa shape index (κ1) is 23.3. The largest absolute Gasteiger partial charge is 0.0599 e. The van der Waals surface area contributed by atoms with Gasteiger partial charge in [0, 0.05) is 0 Å². The molecule has 6 atom stereocenters. The minimum atomic E-state index is 0.508. The quantitative estimate of drug-likeness (QED) is 0.396. The summed E-state index contributed by atoms with van der Waals surface area (Å²) in [5.74, 6) is 6.00. The average molecular weight is 377 g/mol. The highest BCUT2D eigenvalue weighted by Crippen LogP contribution is 2.66. The molecule has 6 unspecified atom stereocenters. The monoisotopic (exact) mass is 376 g/mol. The molecule has 0 amide bonds. The second-order valence-electron chi connectivity index (χ2n) is 14.6. The van der Waals surface area contributed by atoms with E-state index in [2.05, 4.69) is 83.1 Å². The Kier molecular flexibility index (Phi) is 6.34. The minimum Gasteiger partial charge on any atom is -0.0599 e. The van der Waals surface area contributed by atoms with Crippen molar-refractivity contribution in [3.63, 3.8) is 0 Å². The first-order valence-corrected chi connectivity index (χ1v) is 11.9. The Balaban J connectivity index is 0.000000194. The maximum absolute atomic E-state index is 2.44. The first-order chi connectivity index (χ1) is 11.9. The highest BCUT2D eigenvalue weighted by Gasteiger charge is 2.58. The SMILES string of the molecule is CC(C)(C)C1CC2CC2C1C(C)(C)C.CC(C)(C)C1CCCC1C(C)(C)C. The molecule has 160 valence electrons. The Morgan fingerprint density at radius 2 is 0.889 bits per heavy atom. The van der Waals surface area contributed by atoms with E-state index in [9.17, 15) is 0 Å². The van der Waals surface area contributed by atoms with Crippen molar-refractivity contribution in [2.45, 2.75) is 115 Å². The summed E-state index contributed by atoms with van der Waals surface area (Å²) in [6.45, 7) is 29.0. The Hall–Kier alpha value is 0. The summed E-state index contributed by atoms with van der Waals surface area (Å²) in [6.07, 6.45) is 7.39. The third-order valence-electron chi connectivity index (χ3n) is 8.28. The molecule has 0 aromatic heterocycles. The molecule has 0 aliphatic heterocycles. The Morgan fingerprint density at radius 3 is 1.19 bits per heavy atom. The Morgan fingerprint density at radius 1 is 0.481 bits per heavy atom. The lowest BCUT2D eigenvalue weighted by Gasteiger charge is -2.41. The van der Waals surface area contributed by atoms with E-state index >= 15 is 0 Å². The third-order valence-corrected chi connectivity index (χ3v) is 8.28. The van der Waals surface area contributed by atoms with Gasteiger partial charge in [0.25, 0.3) is 0 Å². The van der Waals surface area contributed by atoms with Gasteiger partial charge in [-0.25, -0.2) is 0 Å². The Labute approximate surface area is 172 Å². The van der Waals surface area contributed by atoms with E-state index in [0.29, 0.717) is 21.7 Å². The van der Waals surface area contributed by atoms with Crippen molar-refractivity contribution in [3.8, 4) is 0 Å². The second-order valence-corrected chi connectivity index (χ2v) is 14.6. The van der Waals surface area contributed by atoms with Crippen LogP contribution >= 0.6 is 0 Å². The summed E-state index contributed by atoms with van der Waals surface area (Å²) in [5.41, 5.74) is 2.06. The van der Waals surface area contributed by atoms with Crippen LogP contribution in [-0.4, -0.2) is 0 Å². The fourth-order valence-electron chi connectivity index (χ4n) is 6.92. The predicted octanol–water partition coefficient (Wildman–Crippen LogP) is 8.85. The van der Waals surface area contributed by atoms with E-state index < -0.39 is 0 Å². The van der Waals surface area contributed by atoms with Gasteiger partial charge in [-0.1, -0.05) is 89.5 Å². The third kappa shape index (κ3) is 5.54. The van der Waals surface area contributed by atoms with Crippen LogP contribution in [0.2, 0.25) is 0 Å². The maximum Gasteiger partial charge on any atom is -0.0301 e. The second kappa shape index (κ2) is 7.36. The van der Waals surface area contributed by atoms with Crippen molar-refractivity contribution in [3.05, 3.63) is 0 Å². The minimum absolute atomic E-state index is 0.508. The van der Waals surface area contributed by atoms with Crippen LogP contribution in [0.1, 0.15) is 115 Å². The zero-order valence-electron chi connectivity index (χ0n) is 21.0. The van der Waals surface area contributed by atoms with Crippen molar-refractivity contribution < 1.29 is 0 Å². The van der Waals surface area contributed by atoms with Gasteiger partial charge in [-0.15, -0.1) is 0 Å². The van der Waals surface area contributed by atoms with Gasteiger partial charge in [-0.3, -0.25) is 0 Å². The van der Waals surface area contributed by atoms with Crippen molar-refractivity contribution in [1.82, 2.24) is 0 Å². The van der Waals surface area contributed by atoms with E-state index in [4.69, 9.17) is 0 Å². The number of hydrogen-bond acceptors (Lipinski definition) is 0. The molecule has 0 N–H and O–H groups in total. The average Bonchev–Trinajstić information content (AvgIpc) is 2.88. The van der Waals surface area contributed by atoms with Gasteiger partial charge in [0.1, 0.15) is 0 Å². The van der Waals surface area contributed by atoms with Crippen molar-refractivity contribution in [2.24, 2.45) is 57.2 Å². The van der Waals surface area contributed by atoms with E-state index in [-0.39, 0.29) is 0 Å². The number of rotatable bonds is 0. The smallest absolute Gasteiger partial charge is 0.0301 e. The van der Waals surface area contributed by atoms with Crippen molar-refractivity contribution in [1.29, 1.82) is 0 Å². The lowest BCUT2D eigenvalue weighted by Crippen LogP contribution is -2.34. The molecule has 0 bridgehead atoms. The highest BCUT2D eigenvalue weighted by atomic mass is 14.6. The molecule has 3 aliphatic rings. The zero-order chi connectivity index (χ0) is 21.0. The Bertz CT molecular complexity index is 464. The molecular formula is C27H52. The van der Waals surface area contributed by atoms with Gasteiger partial charge in [-0.2, -0.15) is 0 Å². The summed E-state index contributed by atoms with van der Waals surface area (Å²) in [4.78, 5) is 0. The van der Waals surface area contributed by atoms with Crippen molar-refractivity contribution in [2.75, 3.05) is 0 Å². The molecule has 0 heterocycles. The van der Waals surface area contributed by atoms with Crippen LogP contribution in [0.5, 0.6) is 0 Å². The molecule has 3 rings (SSSR count). The molecular weight excluding hydrogens is 324 g/mol. The molecule has 0 aromatic carbocycles. The lowest BCUT2D eigenvalue weighted by molar-refractivity contribution is 0.0762. The normalized spacial score (nSPS) is 36.9. The summed E-state index contributed by atoms with van der Waals surface area (Å²) in [5, 5.41) is 0. The van der Waals surface area contributed by atoms with E-state index in [1.165, 1.54) is 32.1 Å². The topological polar surface area (TPSA) is 0 Å². The maximum atomic E-state index is 2.44. The van der Waals surface area contributed by atoms with Gasteiger partial charge in [0.05, 0.1) is 0 Å². The van der Waals surface area contributed by atoms with Crippen molar-refractivity contribution >= 4 is 0 Å². The van der Waals surface area contributed by atoms with Crippen LogP contribution in [0.25, 0.3) is 0 Å². The van der Waals surface area contributed by atoms with Gasteiger partial charge >= 0.3 is 0 Å². The van der Waals surface area contributed by atoms with Gasteiger partial charge in [0.2, 0.25) is 0 Å². The first-order valence-electron chi connectivity index (χ1n) is 11.9. The molecule has 0 aromatic rings. The van der Waals surface area contributed by atoms with E-state index in [1.54, 1.807) is 0 Å². The fourth-order valence-corrected chi connectivity index (χ4v) is 6.92. The van der Waals surface area contributed by atoms with Crippen LogP contribution in [0.15, 0.2) is 0 Å². The van der Waals surface area contributed by atoms with Crippen LogP contribution in [0.4, 0.5) is 0 Å². The molecule has 3 aliphatic carbocycles. The molecule has 27 heavy (non-hydrogen) atoms. The molecule has 3 saturated carbocycles. The van der Waals surface area contributed by atoms with E-state index in [0.717, 1.165) is 35.5 Å². The van der Waals surface area contributed by atoms with Crippen LogP contribution < -0.4 is 0 Å². The fraction of sp³-hybridized carbons (Fsp3) is 1.00. The molecule has 0 saturated heterocycles. The van der Waals surface area contributed by atoms with Crippen LogP contribution in [0.3, 0.4) is 0 Å². The van der Waals surface area contributed by atoms with Crippen LogP contribution in [0, 0.1) is 57.2 Å². The zero-order valence-corrected chi connectivity index (χ0v) is 21.0. The van der Waals surface area contributed by atoms with Gasteiger partial charge in [0.15, 0.2) is 0 Å². The summed E-state index contributed by atoms with van der Waals surface area (Å²) < 4.78 is 0. The van der Waals surface area contributed by atoms with Crippen LogP contribution in [-0.2, 0) is 0 Å². The predicted molar refractivity (Wildman–Crippen MR) is 122 cm³/mol. The summed E-state index contributed by atoms with van der Waals surface area (Å²) in [6, 6.07) is 0. The van der Waals surface area contributed by atoms with Gasteiger partial charge < -0.3 is 0 Å². The molecule has 0 spiro atoms. The summed E-state index contributed by atoms with van der Waals surface area (Å²) >= 11 is 0. The molecule has 0 heteroatoms. The van der Waals surface area contributed by atoms with Gasteiger partial charge in [-0.05, 0) is 82.9 Å². The molecule has 0 radical (unpaired) electrons. The number of fused-ring (bicyclic) bond motifs is 1. The molecule has 0 nitrogen and oxygen atoms in total. The standard InChI is InChI=1S/C14H26.C13H26/c1-13(2,3)11-8-9-7-10(9)12(11)14(4,5)6;1-12(2,3)10-8-7-9-11(10)13(4,5)6/h9-12H,7-8H2,1-6H3;10-11H,7-9H2,1-6H3. The number of hydrogen-bond donors (Lipinski definition) is 0.